The van der Waals surface area contributed by atoms with Crippen molar-refractivity contribution >= 4 is 35.3 Å². The Morgan fingerprint density at radius 2 is 1.95 bits per heavy atom. The van der Waals surface area contributed by atoms with Crippen LogP contribution in [0.3, 0.4) is 0 Å². The van der Waals surface area contributed by atoms with Crippen LogP contribution in [-0.4, -0.2) is 17.6 Å². The number of esters is 1. The zero-order valence-electron chi connectivity index (χ0n) is 11.5. The fourth-order valence-corrected chi connectivity index (χ4v) is 3.16. The second kappa shape index (κ2) is 5.76. The summed E-state index contributed by atoms with van der Waals surface area (Å²) in [6, 6.07) is 7.98. The molecule has 4 nitrogen and oxygen atoms in total. The SMILES string of the molecule is COC(=O)c1sc(=S)n(-c2ccc(C(C)C)cc2)c1N. The highest BCUT2D eigenvalue weighted by molar-refractivity contribution is 7.73. The van der Waals surface area contributed by atoms with E-state index in [9.17, 15) is 4.79 Å². The third kappa shape index (κ3) is 2.62. The second-order valence-corrected chi connectivity index (χ2v) is 6.30. The van der Waals surface area contributed by atoms with Crippen LogP contribution < -0.4 is 5.73 Å². The summed E-state index contributed by atoms with van der Waals surface area (Å²) in [5.74, 6) is 0.322. The Bertz CT molecular complexity index is 684. The number of rotatable bonds is 3. The number of hydrogen-bond donors (Lipinski definition) is 1. The molecule has 1 aromatic heterocycles. The van der Waals surface area contributed by atoms with E-state index in [0.29, 0.717) is 20.6 Å². The summed E-state index contributed by atoms with van der Waals surface area (Å²) < 4.78 is 6.92. The number of methoxy groups -OCH3 is 1. The highest BCUT2D eigenvalue weighted by Crippen LogP contribution is 2.27. The normalized spacial score (nSPS) is 10.8. The first-order chi connectivity index (χ1) is 9.45. The molecule has 0 aliphatic rings. The number of hydrogen-bond acceptors (Lipinski definition) is 5. The summed E-state index contributed by atoms with van der Waals surface area (Å²) in [5, 5.41) is 0. The third-order valence-corrected chi connectivity index (χ3v) is 4.40. The van der Waals surface area contributed by atoms with Crippen molar-refractivity contribution in [3.63, 3.8) is 0 Å². The molecule has 0 radical (unpaired) electrons. The Morgan fingerprint density at radius 1 is 1.35 bits per heavy atom. The predicted molar refractivity (Wildman–Crippen MR) is 84.3 cm³/mol. The van der Waals surface area contributed by atoms with E-state index in [1.165, 1.54) is 12.7 Å². The molecule has 0 amide bonds. The topological polar surface area (TPSA) is 57.2 Å². The van der Waals surface area contributed by atoms with E-state index in [2.05, 4.69) is 13.8 Å². The average molecular weight is 308 g/mol. The number of carbonyl (C=O) groups is 1. The van der Waals surface area contributed by atoms with Crippen molar-refractivity contribution in [2.24, 2.45) is 0 Å². The maximum atomic E-state index is 11.6. The van der Waals surface area contributed by atoms with Gasteiger partial charge in [0.2, 0.25) is 0 Å². The van der Waals surface area contributed by atoms with Gasteiger partial charge in [0.1, 0.15) is 5.82 Å². The van der Waals surface area contributed by atoms with Crippen molar-refractivity contribution in [2.45, 2.75) is 19.8 Å². The van der Waals surface area contributed by atoms with Crippen molar-refractivity contribution < 1.29 is 9.53 Å². The van der Waals surface area contributed by atoms with Gasteiger partial charge in [0, 0.05) is 5.69 Å². The first-order valence-electron chi connectivity index (χ1n) is 6.15. The summed E-state index contributed by atoms with van der Waals surface area (Å²) in [5.41, 5.74) is 8.10. The summed E-state index contributed by atoms with van der Waals surface area (Å²) >= 11 is 6.44. The number of nitrogens with zero attached hydrogens (tertiary/aromatic N) is 1. The van der Waals surface area contributed by atoms with Gasteiger partial charge in [-0.2, -0.15) is 0 Å². The maximum absolute atomic E-state index is 11.6. The van der Waals surface area contributed by atoms with E-state index < -0.39 is 5.97 Å². The molecule has 0 bridgehead atoms. The lowest BCUT2D eigenvalue weighted by Crippen LogP contribution is -2.06. The largest absolute Gasteiger partial charge is 0.465 e. The van der Waals surface area contributed by atoms with Crippen LogP contribution >= 0.6 is 23.6 Å². The van der Waals surface area contributed by atoms with Gasteiger partial charge in [-0.1, -0.05) is 37.3 Å². The van der Waals surface area contributed by atoms with Gasteiger partial charge >= 0.3 is 5.97 Å². The van der Waals surface area contributed by atoms with Crippen LogP contribution in [-0.2, 0) is 4.74 Å². The highest BCUT2D eigenvalue weighted by Gasteiger charge is 2.18. The molecule has 0 unspecified atom stereocenters. The fraction of sp³-hybridized carbons (Fsp3) is 0.286. The summed E-state index contributed by atoms with van der Waals surface area (Å²) in [6.45, 7) is 4.27. The zero-order valence-corrected chi connectivity index (χ0v) is 13.2. The zero-order chi connectivity index (χ0) is 14.9. The third-order valence-electron chi connectivity index (χ3n) is 3.03. The van der Waals surface area contributed by atoms with Crippen molar-refractivity contribution in [3.8, 4) is 5.69 Å². The van der Waals surface area contributed by atoms with Crippen molar-refractivity contribution in [2.75, 3.05) is 12.8 Å². The minimum atomic E-state index is -0.462. The van der Waals surface area contributed by atoms with E-state index in [-0.39, 0.29) is 0 Å². The van der Waals surface area contributed by atoms with Crippen LogP contribution in [0, 0.1) is 3.95 Å². The quantitative estimate of drug-likeness (QED) is 0.693. The van der Waals surface area contributed by atoms with E-state index in [4.69, 9.17) is 22.7 Å². The number of nitrogen functional groups attached to an aromatic ring is 1. The molecule has 0 aliphatic carbocycles. The summed E-state index contributed by atoms with van der Waals surface area (Å²) in [6.07, 6.45) is 0. The Balaban J connectivity index is 2.50. The molecule has 0 atom stereocenters. The minimum absolute atomic E-state index is 0.323. The molecule has 0 fully saturated rings. The second-order valence-electron chi connectivity index (χ2n) is 4.66. The first kappa shape index (κ1) is 14.7. The highest BCUT2D eigenvalue weighted by atomic mass is 32.1. The van der Waals surface area contributed by atoms with Crippen LogP contribution in [0.15, 0.2) is 24.3 Å². The van der Waals surface area contributed by atoms with Gasteiger partial charge in [-0.25, -0.2) is 4.79 Å². The number of carbonyl (C=O) groups excluding carboxylic acids is 1. The molecule has 0 saturated carbocycles. The van der Waals surface area contributed by atoms with Crippen LogP contribution in [0.2, 0.25) is 0 Å². The van der Waals surface area contributed by atoms with Crippen LogP contribution in [0.25, 0.3) is 5.69 Å². The van der Waals surface area contributed by atoms with Gasteiger partial charge in [-0.05, 0) is 35.8 Å². The van der Waals surface area contributed by atoms with Crippen molar-refractivity contribution in [1.82, 2.24) is 4.57 Å². The molecular formula is C14H16N2O2S2. The van der Waals surface area contributed by atoms with Crippen molar-refractivity contribution in [1.29, 1.82) is 0 Å². The number of ether oxygens (including phenoxy) is 1. The van der Waals surface area contributed by atoms with E-state index in [1.54, 1.807) is 4.57 Å². The predicted octanol–water partition coefficient (Wildman–Crippen LogP) is 3.76. The lowest BCUT2D eigenvalue weighted by Gasteiger charge is -2.09. The number of benzene rings is 1. The monoisotopic (exact) mass is 308 g/mol. The molecule has 106 valence electrons. The summed E-state index contributed by atoms with van der Waals surface area (Å²) in [4.78, 5) is 12.0. The van der Waals surface area contributed by atoms with E-state index >= 15 is 0 Å². The Labute approximate surface area is 126 Å². The number of thiazole rings is 1. The van der Waals surface area contributed by atoms with Gasteiger partial charge in [0.25, 0.3) is 0 Å². The van der Waals surface area contributed by atoms with Crippen LogP contribution in [0.4, 0.5) is 5.82 Å². The number of aromatic nitrogens is 1. The van der Waals surface area contributed by atoms with E-state index in [0.717, 1.165) is 17.0 Å². The van der Waals surface area contributed by atoms with Crippen molar-refractivity contribution in [3.05, 3.63) is 38.7 Å². The van der Waals surface area contributed by atoms with Gasteiger partial charge in [0.15, 0.2) is 8.83 Å². The first-order valence-corrected chi connectivity index (χ1v) is 7.38. The Kier molecular flexibility index (Phi) is 4.25. The molecule has 2 aromatic rings. The van der Waals surface area contributed by atoms with E-state index in [1.807, 2.05) is 24.3 Å². The number of nitrogens with two attached hydrogens (primary N) is 1. The molecule has 2 rings (SSSR count). The van der Waals surface area contributed by atoms with Gasteiger partial charge < -0.3 is 10.5 Å². The lowest BCUT2D eigenvalue weighted by atomic mass is 10.0. The molecule has 1 heterocycles. The number of anilines is 1. The van der Waals surface area contributed by atoms with Crippen LogP contribution in [0.1, 0.15) is 35.0 Å². The molecule has 1 aromatic carbocycles. The lowest BCUT2D eigenvalue weighted by molar-refractivity contribution is 0.0607. The molecule has 20 heavy (non-hydrogen) atoms. The van der Waals surface area contributed by atoms with Gasteiger partial charge in [-0.15, -0.1) is 0 Å². The average Bonchev–Trinajstić information content (AvgIpc) is 2.73. The Morgan fingerprint density at radius 3 is 2.45 bits per heavy atom. The molecular weight excluding hydrogens is 292 g/mol. The standard InChI is InChI=1S/C14H16N2O2S2/c1-8(2)9-4-6-10(7-5-9)16-12(15)11(13(17)18-3)20-14(16)19/h4-8H,15H2,1-3H3. The molecule has 0 spiro atoms. The smallest absolute Gasteiger partial charge is 0.351 e. The van der Waals surface area contributed by atoms with Gasteiger partial charge in [-0.3, -0.25) is 4.57 Å². The molecule has 6 heteroatoms. The Hall–Kier alpha value is -1.66. The van der Waals surface area contributed by atoms with Gasteiger partial charge in [0.05, 0.1) is 7.11 Å². The molecule has 2 N–H and O–H groups in total. The molecule has 0 aliphatic heterocycles. The maximum Gasteiger partial charge on any atom is 0.351 e. The minimum Gasteiger partial charge on any atom is -0.465 e. The fourth-order valence-electron chi connectivity index (χ4n) is 1.88. The molecule has 0 saturated heterocycles. The summed E-state index contributed by atoms with van der Waals surface area (Å²) in [7, 11) is 1.33. The van der Waals surface area contributed by atoms with Crippen LogP contribution in [0.5, 0.6) is 0 Å².